The standard InChI is InChI=1S/C23H24N4O2S/c1-29-22-9-15(4-5-25-22)14-2-3-19(21(28)8-14)20-12-27-23(13-26-20)30-18-6-16-10-24-11-17(16)7-18/h2-5,8-9,12-13,16-18,24,28H,6-7,10-11H2,1H3/t16-,17+,18-. The first-order valence-electron chi connectivity index (χ1n) is 10.2. The second kappa shape index (κ2) is 8.24. The first kappa shape index (κ1) is 19.3. The number of rotatable bonds is 5. The number of ether oxygens (including phenoxy) is 1. The summed E-state index contributed by atoms with van der Waals surface area (Å²) in [6, 6.07) is 9.29. The Morgan fingerprint density at radius 3 is 2.50 bits per heavy atom. The molecule has 2 fully saturated rings. The van der Waals surface area contributed by atoms with E-state index in [0.29, 0.717) is 22.4 Å². The molecule has 2 aliphatic rings. The lowest BCUT2D eigenvalue weighted by Crippen LogP contribution is -2.12. The number of benzene rings is 1. The summed E-state index contributed by atoms with van der Waals surface area (Å²) in [6.07, 6.45) is 7.79. The van der Waals surface area contributed by atoms with Gasteiger partial charge in [0.05, 0.1) is 25.2 Å². The van der Waals surface area contributed by atoms with Crippen LogP contribution in [-0.4, -0.2) is 45.5 Å². The maximum absolute atomic E-state index is 10.6. The minimum atomic E-state index is 0.175. The van der Waals surface area contributed by atoms with Gasteiger partial charge in [0.25, 0.3) is 0 Å². The van der Waals surface area contributed by atoms with Crippen LogP contribution in [0.15, 0.2) is 53.9 Å². The van der Waals surface area contributed by atoms with Crippen LogP contribution in [0.1, 0.15) is 12.8 Å². The van der Waals surface area contributed by atoms with Crippen molar-refractivity contribution in [3.8, 4) is 34.0 Å². The van der Waals surface area contributed by atoms with Gasteiger partial charge in [-0.1, -0.05) is 6.07 Å². The summed E-state index contributed by atoms with van der Waals surface area (Å²) in [6.45, 7) is 2.32. The largest absolute Gasteiger partial charge is 0.507 e. The molecule has 0 radical (unpaired) electrons. The van der Waals surface area contributed by atoms with E-state index in [9.17, 15) is 5.11 Å². The lowest BCUT2D eigenvalue weighted by atomic mass is 10.0. The smallest absolute Gasteiger partial charge is 0.213 e. The predicted octanol–water partition coefficient (Wildman–Crippen LogP) is 4.01. The van der Waals surface area contributed by atoms with E-state index in [0.717, 1.165) is 41.1 Å². The molecule has 2 N–H and O–H groups in total. The van der Waals surface area contributed by atoms with Crippen molar-refractivity contribution in [2.75, 3.05) is 20.2 Å². The summed E-state index contributed by atoms with van der Waals surface area (Å²) in [7, 11) is 1.59. The number of aromatic nitrogens is 3. The number of nitrogens with zero attached hydrogens (tertiary/aromatic N) is 3. The molecule has 1 aromatic carbocycles. The Morgan fingerprint density at radius 1 is 1.00 bits per heavy atom. The first-order chi connectivity index (χ1) is 14.7. The van der Waals surface area contributed by atoms with Gasteiger partial charge in [0, 0.05) is 23.1 Å². The number of methoxy groups -OCH3 is 1. The molecule has 1 aliphatic carbocycles. The zero-order valence-electron chi connectivity index (χ0n) is 16.8. The van der Waals surface area contributed by atoms with Crippen LogP contribution < -0.4 is 10.1 Å². The van der Waals surface area contributed by atoms with Gasteiger partial charge >= 0.3 is 0 Å². The molecule has 30 heavy (non-hydrogen) atoms. The second-order valence-electron chi connectivity index (χ2n) is 7.95. The van der Waals surface area contributed by atoms with Crippen LogP contribution in [0.5, 0.6) is 11.6 Å². The highest BCUT2D eigenvalue weighted by Crippen LogP contribution is 2.42. The number of pyridine rings is 1. The van der Waals surface area contributed by atoms with Gasteiger partial charge in [0.1, 0.15) is 10.8 Å². The van der Waals surface area contributed by atoms with E-state index >= 15 is 0 Å². The Balaban J connectivity index is 1.30. The van der Waals surface area contributed by atoms with Crippen LogP contribution >= 0.6 is 11.8 Å². The topological polar surface area (TPSA) is 80.2 Å². The Labute approximate surface area is 180 Å². The fourth-order valence-corrected chi connectivity index (χ4v) is 5.78. The van der Waals surface area contributed by atoms with Crippen LogP contribution in [0.4, 0.5) is 0 Å². The minimum Gasteiger partial charge on any atom is -0.507 e. The van der Waals surface area contributed by atoms with E-state index in [-0.39, 0.29) is 5.75 Å². The average Bonchev–Trinajstić information content (AvgIpc) is 3.36. The normalized spacial score (nSPS) is 22.8. The number of fused-ring (bicyclic) bond motifs is 1. The van der Waals surface area contributed by atoms with Crippen LogP contribution in [0.25, 0.3) is 22.4 Å². The summed E-state index contributed by atoms with van der Waals surface area (Å²) in [5.41, 5.74) is 3.16. The molecule has 7 heteroatoms. The molecule has 5 rings (SSSR count). The molecule has 3 atom stereocenters. The zero-order valence-corrected chi connectivity index (χ0v) is 17.6. The van der Waals surface area contributed by atoms with E-state index in [1.807, 2.05) is 42.2 Å². The zero-order chi connectivity index (χ0) is 20.5. The number of hydrogen-bond donors (Lipinski definition) is 2. The predicted molar refractivity (Wildman–Crippen MR) is 118 cm³/mol. The van der Waals surface area contributed by atoms with Crippen molar-refractivity contribution in [1.29, 1.82) is 0 Å². The summed E-state index contributed by atoms with van der Waals surface area (Å²) in [5, 5.41) is 15.7. The third kappa shape index (κ3) is 3.87. The minimum absolute atomic E-state index is 0.175. The van der Waals surface area contributed by atoms with Crippen molar-refractivity contribution in [3.63, 3.8) is 0 Å². The maximum Gasteiger partial charge on any atom is 0.213 e. The van der Waals surface area contributed by atoms with E-state index in [4.69, 9.17) is 4.74 Å². The highest BCUT2D eigenvalue weighted by molar-refractivity contribution is 7.99. The van der Waals surface area contributed by atoms with E-state index in [1.165, 1.54) is 12.8 Å². The van der Waals surface area contributed by atoms with Gasteiger partial charge < -0.3 is 15.2 Å². The number of aromatic hydroxyl groups is 1. The lowest BCUT2D eigenvalue weighted by molar-refractivity contribution is 0.398. The SMILES string of the molecule is COc1cc(-c2ccc(-c3cnc(S[C@H]4C[C@H]5CNC[C@H]5C4)cn3)c(O)c2)ccn1. The van der Waals surface area contributed by atoms with Crippen molar-refractivity contribution in [3.05, 3.63) is 48.9 Å². The molecule has 3 heterocycles. The molecule has 6 nitrogen and oxygen atoms in total. The second-order valence-corrected chi connectivity index (χ2v) is 9.27. The molecule has 1 saturated heterocycles. The van der Waals surface area contributed by atoms with Crippen LogP contribution in [-0.2, 0) is 0 Å². The highest BCUT2D eigenvalue weighted by Gasteiger charge is 2.37. The Bertz CT molecular complexity index is 1030. The quantitative estimate of drug-likeness (QED) is 0.645. The van der Waals surface area contributed by atoms with E-state index in [2.05, 4.69) is 20.3 Å². The molecule has 2 aromatic heterocycles. The fourth-order valence-electron chi connectivity index (χ4n) is 4.52. The summed E-state index contributed by atoms with van der Waals surface area (Å²) in [5.74, 6) is 2.36. The molecular formula is C23H24N4O2S. The monoisotopic (exact) mass is 420 g/mol. The molecule has 0 bridgehead atoms. The van der Waals surface area contributed by atoms with Crippen LogP contribution in [0, 0.1) is 11.8 Å². The molecule has 154 valence electrons. The fraction of sp³-hybridized carbons (Fsp3) is 0.348. The maximum atomic E-state index is 10.6. The Morgan fingerprint density at radius 2 is 1.80 bits per heavy atom. The number of hydrogen-bond acceptors (Lipinski definition) is 7. The van der Waals surface area contributed by atoms with Gasteiger partial charge in [0.2, 0.25) is 5.88 Å². The van der Waals surface area contributed by atoms with Crippen LogP contribution in [0.2, 0.25) is 0 Å². The Kier molecular flexibility index (Phi) is 5.31. The van der Waals surface area contributed by atoms with E-state index < -0.39 is 0 Å². The Hall–Kier alpha value is -2.64. The average molecular weight is 421 g/mol. The van der Waals surface area contributed by atoms with Gasteiger partial charge in [-0.3, -0.25) is 4.98 Å². The van der Waals surface area contributed by atoms with Gasteiger partial charge in [-0.15, -0.1) is 11.8 Å². The first-order valence-corrected chi connectivity index (χ1v) is 11.1. The van der Waals surface area contributed by atoms with Crippen molar-refractivity contribution in [1.82, 2.24) is 20.3 Å². The van der Waals surface area contributed by atoms with Gasteiger partial charge in [-0.2, -0.15) is 0 Å². The molecule has 1 aliphatic heterocycles. The van der Waals surface area contributed by atoms with Gasteiger partial charge in [-0.05, 0) is 67.1 Å². The molecule has 1 saturated carbocycles. The molecule has 0 amide bonds. The van der Waals surface area contributed by atoms with Gasteiger partial charge in [-0.25, -0.2) is 9.97 Å². The number of phenolic OH excluding ortho intramolecular Hbond substituents is 1. The summed E-state index contributed by atoms with van der Waals surface area (Å²) >= 11 is 1.84. The van der Waals surface area contributed by atoms with Crippen molar-refractivity contribution in [2.24, 2.45) is 11.8 Å². The van der Waals surface area contributed by atoms with Crippen molar-refractivity contribution >= 4 is 11.8 Å². The van der Waals surface area contributed by atoms with E-state index in [1.54, 1.807) is 25.6 Å². The molecule has 3 aromatic rings. The number of phenols is 1. The highest BCUT2D eigenvalue weighted by atomic mass is 32.2. The molecular weight excluding hydrogens is 396 g/mol. The van der Waals surface area contributed by atoms with Gasteiger partial charge in [0.15, 0.2) is 0 Å². The number of thioether (sulfide) groups is 1. The summed E-state index contributed by atoms with van der Waals surface area (Å²) in [4.78, 5) is 13.3. The van der Waals surface area contributed by atoms with Crippen molar-refractivity contribution < 1.29 is 9.84 Å². The molecule has 0 unspecified atom stereocenters. The lowest BCUT2D eigenvalue weighted by Gasteiger charge is -2.11. The van der Waals surface area contributed by atoms with Crippen LogP contribution in [0.3, 0.4) is 0 Å². The summed E-state index contributed by atoms with van der Waals surface area (Å²) < 4.78 is 5.18. The molecule has 0 spiro atoms. The number of nitrogens with one attached hydrogen (secondary N) is 1. The third-order valence-electron chi connectivity index (χ3n) is 6.08. The third-order valence-corrected chi connectivity index (χ3v) is 7.25. The van der Waals surface area contributed by atoms with Crippen molar-refractivity contribution in [2.45, 2.75) is 23.1 Å².